The van der Waals surface area contributed by atoms with Crippen molar-refractivity contribution in [2.75, 3.05) is 0 Å². The molecule has 0 aliphatic rings. The van der Waals surface area contributed by atoms with Crippen LogP contribution >= 0.6 is 22.7 Å². The van der Waals surface area contributed by atoms with Crippen molar-refractivity contribution in [3.05, 3.63) is 20.9 Å². The number of rotatable bonds is 4. The zero-order valence-electron chi connectivity index (χ0n) is 13.3. The van der Waals surface area contributed by atoms with Crippen LogP contribution in [0.1, 0.15) is 87.1 Å². The summed E-state index contributed by atoms with van der Waals surface area (Å²) < 4.78 is 3.17. The van der Waals surface area contributed by atoms with Crippen molar-refractivity contribution in [3.8, 4) is 0 Å². The Hall–Kier alpha value is -0.340. The fourth-order valence-electron chi connectivity index (χ4n) is 2.85. The van der Waals surface area contributed by atoms with E-state index in [0.717, 1.165) is 0 Å². The van der Waals surface area contributed by atoms with Crippen molar-refractivity contribution in [2.24, 2.45) is 0 Å². The van der Waals surface area contributed by atoms with E-state index < -0.39 is 0 Å². The van der Waals surface area contributed by atoms with Gasteiger partial charge in [-0.3, -0.25) is 0 Å². The van der Waals surface area contributed by atoms with E-state index in [2.05, 4.69) is 71.1 Å². The molecule has 0 aliphatic heterocycles. The van der Waals surface area contributed by atoms with Crippen LogP contribution in [0.5, 0.6) is 0 Å². The molecule has 0 N–H and O–H groups in total. The van der Waals surface area contributed by atoms with Crippen molar-refractivity contribution in [3.63, 3.8) is 0 Å². The maximum absolute atomic E-state index is 2.34. The van der Waals surface area contributed by atoms with Crippen molar-refractivity contribution >= 4 is 32.1 Å². The highest BCUT2D eigenvalue weighted by Gasteiger charge is 2.24. The molecule has 0 fully saturated rings. The van der Waals surface area contributed by atoms with Gasteiger partial charge in [0.15, 0.2) is 0 Å². The van der Waals surface area contributed by atoms with Gasteiger partial charge in [0.25, 0.3) is 0 Å². The molecule has 2 rings (SSSR count). The molecule has 0 aliphatic carbocycles. The first-order valence-electron chi connectivity index (χ1n) is 7.46. The van der Waals surface area contributed by atoms with Crippen LogP contribution in [0.25, 0.3) is 9.40 Å². The summed E-state index contributed by atoms with van der Waals surface area (Å²) in [4.78, 5) is 3.22. The van der Waals surface area contributed by atoms with E-state index in [4.69, 9.17) is 0 Å². The SMILES string of the molecule is CCc1sc2c(C(C)C)c(C(C)C)sc2c1C(C)C. The quantitative estimate of drug-likeness (QED) is 0.575. The predicted octanol–water partition coefficient (Wildman–Crippen LogP) is 6.90. The summed E-state index contributed by atoms with van der Waals surface area (Å²) in [7, 11) is 0. The predicted molar refractivity (Wildman–Crippen MR) is 91.3 cm³/mol. The van der Waals surface area contributed by atoms with Gasteiger partial charge >= 0.3 is 0 Å². The van der Waals surface area contributed by atoms with Crippen LogP contribution in [0, 0.1) is 0 Å². The number of aryl methyl sites for hydroxylation is 1. The van der Waals surface area contributed by atoms with Crippen molar-refractivity contribution < 1.29 is 0 Å². The highest BCUT2D eigenvalue weighted by atomic mass is 32.1. The van der Waals surface area contributed by atoms with Gasteiger partial charge in [-0.2, -0.15) is 0 Å². The summed E-state index contributed by atoms with van der Waals surface area (Å²) in [5.41, 5.74) is 3.25. The zero-order chi connectivity index (χ0) is 14.3. The van der Waals surface area contributed by atoms with Crippen LogP contribution in [-0.4, -0.2) is 0 Å². The van der Waals surface area contributed by atoms with Crippen molar-refractivity contribution in [1.29, 1.82) is 0 Å². The molecule has 0 saturated carbocycles. The molecule has 0 amide bonds. The molecule has 0 radical (unpaired) electrons. The Morgan fingerprint density at radius 2 is 1.26 bits per heavy atom. The first kappa shape index (κ1) is 15.1. The van der Waals surface area contributed by atoms with Gasteiger partial charge < -0.3 is 0 Å². The lowest BCUT2D eigenvalue weighted by Gasteiger charge is -2.10. The monoisotopic (exact) mass is 294 g/mol. The Labute approximate surface area is 125 Å². The van der Waals surface area contributed by atoms with Crippen LogP contribution < -0.4 is 0 Å². The Morgan fingerprint density at radius 3 is 1.68 bits per heavy atom. The fourth-order valence-corrected chi connectivity index (χ4v) is 6.30. The normalized spacial score (nSPS) is 12.5. The maximum Gasteiger partial charge on any atom is 0.0494 e. The fraction of sp³-hybridized carbons (Fsp3) is 0.647. The van der Waals surface area contributed by atoms with E-state index in [1.807, 2.05) is 0 Å². The molecule has 0 atom stereocenters. The molecule has 2 heteroatoms. The number of thiophene rings is 2. The van der Waals surface area contributed by atoms with Gasteiger partial charge in [-0.25, -0.2) is 0 Å². The Kier molecular flexibility index (Phi) is 4.42. The largest absolute Gasteiger partial charge is 0.139 e. The van der Waals surface area contributed by atoms with Gasteiger partial charge in [0, 0.05) is 19.2 Å². The third-order valence-corrected chi connectivity index (χ3v) is 6.75. The number of hydrogen-bond donors (Lipinski definition) is 0. The Balaban J connectivity index is 2.79. The lowest BCUT2D eigenvalue weighted by atomic mass is 9.97. The van der Waals surface area contributed by atoms with Crippen LogP contribution in [0.3, 0.4) is 0 Å². The van der Waals surface area contributed by atoms with E-state index in [0.29, 0.717) is 17.8 Å². The number of fused-ring (bicyclic) bond motifs is 1. The molecular formula is C17H26S2. The molecule has 0 unspecified atom stereocenters. The first-order valence-corrected chi connectivity index (χ1v) is 9.09. The molecule has 106 valence electrons. The van der Waals surface area contributed by atoms with Gasteiger partial charge in [0.1, 0.15) is 0 Å². The van der Waals surface area contributed by atoms with E-state index in [1.165, 1.54) is 6.42 Å². The van der Waals surface area contributed by atoms with Crippen molar-refractivity contribution in [2.45, 2.75) is 72.6 Å². The zero-order valence-corrected chi connectivity index (χ0v) is 14.9. The molecule has 2 heterocycles. The van der Waals surface area contributed by atoms with Gasteiger partial charge in [-0.05, 0) is 35.3 Å². The summed E-state index contributed by atoms with van der Waals surface area (Å²) in [6.07, 6.45) is 1.17. The minimum absolute atomic E-state index is 0.634. The molecule has 2 aromatic rings. The second-order valence-electron chi connectivity index (χ2n) is 6.29. The average Bonchev–Trinajstić information content (AvgIpc) is 2.81. The van der Waals surface area contributed by atoms with Gasteiger partial charge in [0.2, 0.25) is 0 Å². The summed E-state index contributed by atoms with van der Waals surface area (Å²) in [5, 5.41) is 0. The van der Waals surface area contributed by atoms with E-state index in [1.54, 1.807) is 30.3 Å². The van der Waals surface area contributed by atoms with E-state index in [-0.39, 0.29) is 0 Å². The van der Waals surface area contributed by atoms with Crippen LogP contribution in [0.15, 0.2) is 0 Å². The second-order valence-corrected chi connectivity index (χ2v) is 8.45. The highest BCUT2D eigenvalue weighted by molar-refractivity contribution is 7.28. The van der Waals surface area contributed by atoms with E-state index >= 15 is 0 Å². The minimum atomic E-state index is 0.634. The van der Waals surface area contributed by atoms with Gasteiger partial charge in [0.05, 0.1) is 0 Å². The van der Waals surface area contributed by atoms with Crippen LogP contribution in [0.2, 0.25) is 0 Å². The third-order valence-electron chi connectivity index (χ3n) is 3.70. The standard InChI is InChI=1S/C17H26S2/c1-8-12-13(9(2)3)16-17(18-12)14(10(4)5)15(19-16)11(6)7/h9-11H,8H2,1-7H3. The molecule has 0 aromatic carbocycles. The van der Waals surface area contributed by atoms with E-state index in [9.17, 15) is 0 Å². The maximum atomic E-state index is 2.34. The first-order chi connectivity index (χ1) is 8.88. The lowest BCUT2D eigenvalue weighted by molar-refractivity contribution is 0.816. The minimum Gasteiger partial charge on any atom is -0.139 e. The summed E-state index contributed by atoms with van der Waals surface area (Å²) in [6, 6.07) is 0. The molecule has 0 bridgehead atoms. The smallest absolute Gasteiger partial charge is 0.0494 e. The van der Waals surface area contributed by atoms with Crippen molar-refractivity contribution in [1.82, 2.24) is 0 Å². The summed E-state index contributed by atoms with van der Waals surface area (Å²) in [6.45, 7) is 16.3. The second kappa shape index (κ2) is 5.57. The average molecular weight is 295 g/mol. The lowest BCUT2D eigenvalue weighted by Crippen LogP contribution is -1.92. The van der Waals surface area contributed by atoms with Gasteiger partial charge in [-0.15, -0.1) is 22.7 Å². The molecule has 0 spiro atoms. The summed E-state index contributed by atoms with van der Waals surface area (Å²) in [5.74, 6) is 1.92. The molecule has 19 heavy (non-hydrogen) atoms. The molecule has 2 aromatic heterocycles. The third kappa shape index (κ3) is 2.50. The Bertz CT molecular complexity index is 568. The Morgan fingerprint density at radius 1 is 0.737 bits per heavy atom. The number of hydrogen-bond acceptors (Lipinski definition) is 2. The summed E-state index contributed by atoms with van der Waals surface area (Å²) >= 11 is 4.12. The molecule has 0 saturated heterocycles. The highest BCUT2D eigenvalue weighted by Crippen LogP contribution is 2.48. The van der Waals surface area contributed by atoms with Crippen LogP contribution in [-0.2, 0) is 6.42 Å². The topological polar surface area (TPSA) is 0 Å². The van der Waals surface area contributed by atoms with Crippen LogP contribution in [0.4, 0.5) is 0 Å². The molecular weight excluding hydrogens is 268 g/mol. The van der Waals surface area contributed by atoms with Gasteiger partial charge in [-0.1, -0.05) is 48.5 Å². The molecule has 0 nitrogen and oxygen atoms in total.